The van der Waals surface area contributed by atoms with E-state index in [-0.39, 0.29) is 31.8 Å². The highest BCUT2D eigenvalue weighted by Gasteiger charge is 2.26. The molecular formula is C9H6Cl4N2O2. The van der Waals surface area contributed by atoms with Gasteiger partial charge in [-0.2, -0.15) is 0 Å². The van der Waals surface area contributed by atoms with Crippen LogP contribution in [0.1, 0.15) is 26.3 Å². The maximum Gasteiger partial charge on any atom is 0.266 e. The Morgan fingerprint density at radius 3 is 2.00 bits per heavy atom. The van der Waals surface area contributed by atoms with Gasteiger partial charge in [0.15, 0.2) is 0 Å². The van der Waals surface area contributed by atoms with Gasteiger partial charge in [-0.25, -0.2) is 0 Å². The largest absolute Gasteiger partial charge is 0.366 e. The van der Waals surface area contributed by atoms with Crippen LogP contribution < -0.4 is 10.6 Å². The Morgan fingerprint density at radius 1 is 1.06 bits per heavy atom. The summed E-state index contributed by atoms with van der Waals surface area (Å²) in [5.41, 5.74) is 5.12. The number of nitrogens with two attached hydrogens (primary N) is 1. The van der Waals surface area contributed by atoms with Crippen molar-refractivity contribution < 1.29 is 9.59 Å². The summed E-state index contributed by atoms with van der Waals surface area (Å²) in [4.78, 5) is 24.7. The molecule has 0 radical (unpaired) electrons. The quantitative estimate of drug-likeness (QED) is 0.650. The summed E-state index contributed by atoms with van der Waals surface area (Å²) in [5, 5.41) is -0.146. The molecule has 0 saturated heterocycles. The zero-order valence-corrected chi connectivity index (χ0v) is 11.4. The maximum atomic E-state index is 11.6. The summed E-state index contributed by atoms with van der Waals surface area (Å²) < 4.78 is 0. The predicted octanol–water partition coefficient (Wildman–Crippen LogP) is 2.94. The van der Waals surface area contributed by atoms with Crippen LogP contribution in [0.5, 0.6) is 0 Å². The van der Waals surface area contributed by atoms with E-state index in [0.29, 0.717) is 0 Å². The number of amides is 2. The molecule has 0 bridgehead atoms. The lowest BCUT2D eigenvalue weighted by molar-refractivity contribution is 0.0956. The lowest BCUT2D eigenvalue weighted by Gasteiger charge is -2.13. The van der Waals surface area contributed by atoms with Crippen LogP contribution >= 0.6 is 46.6 Å². The van der Waals surface area contributed by atoms with E-state index in [1.54, 1.807) is 0 Å². The van der Waals surface area contributed by atoms with Crippen LogP contribution in [0, 0.1) is 6.92 Å². The molecule has 0 heterocycles. The number of carbonyl (C=O) groups excluding carboxylic acids is 2. The fourth-order valence-electron chi connectivity index (χ4n) is 1.34. The van der Waals surface area contributed by atoms with Crippen molar-refractivity contribution in [3.63, 3.8) is 0 Å². The van der Waals surface area contributed by atoms with Crippen molar-refractivity contribution in [2.45, 2.75) is 6.92 Å². The second-order valence-corrected chi connectivity index (χ2v) is 4.43. The van der Waals surface area contributed by atoms with Crippen LogP contribution in [0.4, 0.5) is 0 Å². The molecule has 8 heteroatoms. The van der Waals surface area contributed by atoms with Crippen molar-refractivity contribution in [2.75, 3.05) is 0 Å². The number of nitrogens with one attached hydrogen (secondary N) is 1. The molecule has 1 aromatic rings. The third kappa shape index (κ3) is 2.45. The molecule has 4 nitrogen and oxygen atoms in total. The second-order valence-electron chi connectivity index (χ2n) is 3.10. The zero-order chi connectivity index (χ0) is 13.3. The monoisotopic (exact) mass is 314 g/mol. The Labute approximate surface area is 117 Å². The molecule has 2 amide bonds. The van der Waals surface area contributed by atoms with E-state index in [1.165, 1.54) is 6.92 Å². The van der Waals surface area contributed by atoms with E-state index in [0.717, 1.165) is 0 Å². The molecular weight excluding hydrogens is 310 g/mol. The van der Waals surface area contributed by atoms with Crippen molar-refractivity contribution in [1.82, 2.24) is 4.84 Å². The van der Waals surface area contributed by atoms with Gasteiger partial charge in [-0.1, -0.05) is 34.8 Å². The molecule has 0 aliphatic rings. The van der Waals surface area contributed by atoms with E-state index >= 15 is 0 Å². The molecule has 17 heavy (non-hydrogen) atoms. The molecule has 1 rings (SSSR count). The smallest absolute Gasteiger partial charge is 0.266 e. The lowest BCUT2D eigenvalue weighted by Crippen LogP contribution is -2.23. The SMILES string of the molecule is Cc1c(Cl)c(Cl)c(Cl)c(C(N)=O)c1C(=O)NCl. The summed E-state index contributed by atoms with van der Waals surface area (Å²) in [5.74, 6) is -1.63. The maximum absolute atomic E-state index is 11.6. The molecule has 0 aliphatic heterocycles. The minimum Gasteiger partial charge on any atom is -0.366 e. The van der Waals surface area contributed by atoms with Crippen molar-refractivity contribution in [1.29, 1.82) is 0 Å². The van der Waals surface area contributed by atoms with Gasteiger partial charge in [0, 0.05) is 11.8 Å². The Balaban J connectivity index is 3.78. The third-order valence-electron chi connectivity index (χ3n) is 2.12. The summed E-state index contributed by atoms with van der Waals surface area (Å²) in [6.07, 6.45) is 0. The second kappa shape index (κ2) is 5.31. The first-order chi connectivity index (χ1) is 7.82. The van der Waals surface area contributed by atoms with E-state index in [4.69, 9.17) is 52.3 Å². The van der Waals surface area contributed by atoms with Crippen molar-refractivity contribution >= 4 is 58.4 Å². The number of carbonyl (C=O) groups is 2. The minimum absolute atomic E-state index is 0.0363. The van der Waals surface area contributed by atoms with E-state index in [1.807, 2.05) is 4.84 Å². The number of hydrogen-bond donors (Lipinski definition) is 2. The minimum atomic E-state index is -0.896. The summed E-state index contributed by atoms with van der Waals surface area (Å²) >= 11 is 22.7. The Bertz CT molecular complexity index is 516. The van der Waals surface area contributed by atoms with Crippen LogP contribution in [0.2, 0.25) is 15.1 Å². The molecule has 3 N–H and O–H groups in total. The summed E-state index contributed by atoms with van der Waals surface area (Å²) in [6, 6.07) is 0. The van der Waals surface area contributed by atoms with Gasteiger partial charge >= 0.3 is 0 Å². The molecule has 0 unspecified atom stereocenters. The fraction of sp³-hybridized carbons (Fsp3) is 0.111. The van der Waals surface area contributed by atoms with Crippen LogP contribution in [0.3, 0.4) is 0 Å². The van der Waals surface area contributed by atoms with Crippen LogP contribution in [-0.2, 0) is 0 Å². The van der Waals surface area contributed by atoms with Gasteiger partial charge in [0.05, 0.1) is 26.2 Å². The van der Waals surface area contributed by atoms with Crippen LogP contribution in [0.15, 0.2) is 0 Å². The zero-order valence-electron chi connectivity index (χ0n) is 8.41. The number of benzene rings is 1. The number of halogens is 4. The van der Waals surface area contributed by atoms with Crippen LogP contribution in [-0.4, -0.2) is 11.8 Å². The van der Waals surface area contributed by atoms with Gasteiger partial charge in [0.1, 0.15) is 0 Å². The fourth-order valence-corrected chi connectivity index (χ4v) is 2.19. The Kier molecular flexibility index (Phi) is 4.49. The highest BCUT2D eigenvalue weighted by Crippen LogP contribution is 2.38. The first kappa shape index (κ1) is 14.4. The molecule has 0 saturated carbocycles. The average molecular weight is 316 g/mol. The molecule has 1 aromatic carbocycles. The highest BCUT2D eigenvalue weighted by atomic mass is 35.5. The predicted molar refractivity (Wildman–Crippen MR) is 68.0 cm³/mol. The van der Waals surface area contributed by atoms with Crippen molar-refractivity contribution in [3.05, 3.63) is 31.8 Å². The van der Waals surface area contributed by atoms with Gasteiger partial charge in [-0.05, 0) is 12.5 Å². The van der Waals surface area contributed by atoms with Gasteiger partial charge in [0.2, 0.25) is 0 Å². The highest BCUT2D eigenvalue weighted by molar-refractivity contribution is 6.50. The topological polar surface area (TPSA) is 72.2 Å². The normalized spacial score (nSPS) is 10.2. The molecule has 0 fully saturated rings. The standard InChI is InChI=1S/C9H6Cl4N2O2/c1-2-3(9(17)15-13)4(8(14)16)6(11)7(12)5(2)10/h1H3,(H2,14,16)(H,15,17). The number of rotatable bonds is 2. The first-order valence-electron chi connectivity index (χ1n) is 4.20. The average Bonchev–Trinajstić information content (AvgIpc) is 2.29. The van der Waals surface area contributed by atoms with Crippen molar-refractivity contribution in [2.24, 2.45) is 5.73 Å². The van der Waals surface area contributed by atoms with Gasteiger partial charge in [-0.3, -0.25) is 14.4 Å². The van der Waals surface area contributed by atoms with Gasteiger partial charge in [0.25, 0.3) is 11.8 Å². The molecule has 0 spiro atoms. The lowest BCUT2D eigenvalue weighted by atomic mass is 10.0. The molecule has 92 valence electrons. The Hall–Kier alpha value is -0.680. The van der Waals surface area contributed by atoms with E-state index < -0.39 is 11.8 Å². The van der Waals surface area contributed by atoms with E-state index in [2.05, 4.69) is 0 Å². The van der Waals surface area contributed by atoms with E-state index in [9.17, 15) is 9.59 Å². The van der Waals surface area contributed by atoms with Crippen LogP contribution in [0.25, 0.3) is 0 Å². The number of hydrogen-bond acceptors (Lipinski definition) is 2. The molecule has 0 aromatic heterocycles. The molecule has 0 aliphatic carbocycles. The summed E-state index contributed by atoms with van der Waals surface area (Å²) in [7, 11) is 0. The molecule has 0 atom stereocenters. The first-order valence-corrected chi connectivity index (χ1v) is 5.71. The van der Waals surface area contributed by atoms with Gasteiger partial charge in [-0.15, -0.1) is 0 Å². The Morgan fingerprint density at radius 2 is 1.59 bits per heavy atom. The van der Waals surface area contributed by atoms with Gasteiger partial charge < -0.3 is 5.73 Å². The third-order valence-corrected chi connectivity index (χ3v) is 3.71. The van der Waals surface area contributed by atoms with Crippen molar-refractivity contribution in [3.8, 4) is 0 Å². The number of primary amides is 1. The summed E-state index contributed by atoms with van der Waals surface area (Å²) in [6.45, 7) is 1.50.